The first-order valence-electron chi connectivity index (χ1n) is 8.41. The van der Waals surface area contributed by atoms with E-state index in [-0.39, 0.29) is 11.9 Å². The Morgan fingerprint density at radius 1 is 1.16 bits per heavy atom. The first-order chi connectivity index (χ1) is 12.1. The van der Waals surface area contributed by atoms with E-state index in [1.54, 1.807) is 12.1 Å². The molecular formula is C20H19N3OS. The topological polar surface area (TPSA) is 48.1 Å². The molecule has 1 atom stereocenters. The molecule has 2 N–H and O–H groups in total. The normalized spacial score (nSPS) is 16.5. The molecule has 0 saturated carbocycles. The second-order valence-electron chi connectivity index (χ2n) is 6.31. The lowest BCUT2D eigenvalue weighted by atomic mass is 9.99. The van der Waals surface area contributed by atoms with Crippen LogP contribution in [-0.4, -0.2) is 27.4 Å². The number of thiocarbonyl (C=S) groups is 1. The number of aromatic amines is 1. The molecule has 1 aliphatic rings. The zero-order valence-corrected chi connectivity index (χ0v) is 14.8. The van der Waals surface area contributed by atoms with Gasteiger partial charge in [-0.1, -0.05) is 36.4 Å². The van der Waals surface area contributed by atoms with Crippen molar-refractivity contribution in [3.05, 3.63) is 71.4 Å². The number of fused-ring (bicyclic) bond motifs is 3. The van der Waals surface area contributed by atoms with Crippen LogP contribution in [0, 0.1) is 0 Å². The molecule has 1 amide bonds. The van der Waals surface area contributed by atoms with Crippen LogP contribution in [0.5, 0.6) is 0 Å². The van der Waals surface area contributed by atoms with Crippen LogP contribution in [0.1, 0.15) is 34.6 Å². The number of hydrogen-bond acceptors (Lipinski definition) is 2. The molecule has 3 aromatic rings. The molecule has 126 valence electrons. The molecule has 2 heterocycles. The van der Waals surface area contributed by atoms with Gasteiger partial charge in [-0.25, -0.2) is 0 Å². The number of nitrogens with zero attached hydrogens (tertiary/aromatic N) is 1. The fourth-order valence-corrected chi connectivity index (χ4v) is 3.88. The van der Waals surface area contributed by atoms with Crippen LogP contribution in [0.15, 0.2) is 54.6 Å². The van der Waals surface area contributed by atoms with Crippen molar-refractivity contribution < 1.29 is 4.79 Å². The van der Waals surface area contributed by atoms with Gasteiger partial charge in [0.1, 0.15) is 0 Å². The molecule has 0 saturated heterocycles. The molecule has 5 heteroatoms. The van der Waals surface area contributed by atoms with Crippen molar-refractivity contribution in [2.75, 3.05) is 6.54 Å². The highest BCUT2D eigenvalue weighted by Crippen LogP contribution is 2.34. The number of amides is 1. The van der Waals surface area contributed by atoms with Gasteiger partial charge in [0.05, 0.1) is 6.04 Å². The van der Waals surface area contributed by atoms with E-state index in [9.17, 15) is 4.79 Å². The third-order valence-electron chi connectivity index (χ3n) is 4.85. The van der Waals surface area contributed by atoms with E-state index >= 15 is 0 Å². The lowest BCUT2D eigenvalue weighted by molar-refractivity contribution is 0.0971. The molecule has 0 spiro atoms. The molecule has 0 unspecified atom stereocenters. The van der Waals surface area contributed by atoms with E-state index in [0.29, 0.717) is 10.7 Å². The summed E-state index contributed by atoms with van der Waals surface area (Å²) < 4.78 is 0. The molecule has 2 aromatic carbocycles. The summed E-state index contributed by atoms with van der Waals surface area (Å²) in [5.41, 5.74) is 4.31. The number of para-hydroxylation sites is 1. The summed E-state index contributed by atoms with van der Waals surface area (Å²) in [5, 5.41) is 4.62. The van der Waals surface area contributed by atoms with Crippen LogP contribution in [-0.2, 0) is 6.42 Å². The van der Waals surface area contributed by atoms with Crippen LogP contribution in [0.2, 0.25) is 0 Å². The monoisotopic (exact) mass is 349 g/mol. The van der Waals surface area contributed by atoms with Crippen molar-refractivity contribution in [1.29, 1.82) is 0 Å². The van der Waals surface area contributed by atoms with Gasteiger partial charge in [0.25, 0.3) is 5.91 Å². The van der Waals surface area contributed by atoms with Crippen LogP contribution in [0.25, 0.3) is 10.9 Å². The first-order valence-corrected chi connectivity index (χ1v) is 8.82. The predicted molar refractivity (Wildman–Crippen MR) is 104 cm³/mol. The maximum atomic E-state index is 12.4. The lowest BCUT2D eigenvalue weighted by Crippen LogP contribution is -2.46. The summed E-state index contributed by atoms with van der Waals surface area (Å²) in [7, 11) is 0. The van der Waals surface area contributed by atoms with E-state index < -0.39 is 0 Å². The van der Waals surface area contributed by atoms with E-state index in [2.05, 4.69) is 40.3 Å². The minimum atomic E-state index is -0.166. The van der Waals surface area contributed by atoms with Crippen molar-refractivity contribution in [2.45, 2.75) is 19.4 Å². The van der Waals surface area contributed by atoms with Crippen LogP contribution in [0.4, 0.5) is 0 Å². The van der Waals surface area contributed by atoms with Gasteiger partial charge in [0, 0.05) is 28.7 Å². The summed E-state index contributed by atoms with van der Waals surface area (Å²) in [6, 6.07) is 17.6. The Balaban J connectivity index is 1.56. The van der Waals surface area contributed by atoms with Gasteiger partial charge >= 0.3 is 0 Å². The summed E-state index contributed by atoms with van der Waals surface area (Å²) in [5.74, 6) is -0.166. The molecule has 4 rings (SSSR count). The Morgan fingerprint density at radius 3 is 2.68 bits per heavy atom. The summed E-state index contributed by atoms with van der Waals surface area (Å²) in [6.07, 6.45) is 0.908. The molecule has 0 fully saturated rings. The molecule has 0 radical (unpaired) electrons. The number of hydrogen-bond donors (Lipinski definition) is 2. The second kappa shape index (κ2) is 6.33. The molecule has 4 nitrogen and oxygen atoms in total. The second-order valence-corrected chi connectivity index (χ2v) is 6.69. The number of carbonyl (C=O) groups is 1. The van der Waals surface area contributed by atoms with Crippen molar-refractivity contribution >= 4 is 34.1 Å². The first kappa shape index (κ1) is 15.8. The Morgan fingerprint density at radius 2 is 1.88 bits per heavy atom. The fraction of sp³-hybridized carbons (Fsp3) is 0.200. The largest absolute Gasteiger partial charge is 0.356 e. The summed E-state index contributed by atoms with van der Waals surface area (Å²) >= 11 is 5.52. The summed E-state index contributed by atoms with van der Waals surface area (Å²) in [6.45, 7) is 2.91. The fourth-order valence-electron chi connectivity index (χ4n) is 3.54. The molecular weight excluding hydrogens is 330 g/mol. The number of rotatable bonds is 1. The molecule has 0 aliphatic carbocycles. The Bertz CT molecular complexity index is 948. The predicted octanol–water partition coefficient (Wildman–Crippen LogP) is 3.80. The lowest BCUT2D eigenvalue weighted by Gasteiger charge is -2.35. The Kier molecular flexibility index (Phi) is 4.01. The van der Waals surface area contributed by atoms with Gasteiger partial charge in [-0.15, -0.1) is 0 Å². The van der Waals surface area contributed by atoms with Gasteiger partial charge in [-0.3, -0.25) is 10.1 Å². The van der Waals surface area contributed by atoms with Crippen molar-refractivity contribution in [3.63, 3.8) is 0 Å². The Hall–Kier alpha value is -2.66. The van der Waals surface area contributed by atoms with Crippen molar-refractivity contribution in [3.8, 4) is 0 Å². The maximum absolute atomic E-state index is 12.4. The van der Waals surface area contributed by atoms with E-state index in [1.807, 2.05) is 24.3 Å². The highest BCUT2D eigenvalue weighted by atomic mass is 32.1. The minimum Gasteiger partial charge on any atom is -0.356 e. The van der Waals surface area contributed by atoms with E-state index in [1.165, 1.54) is 16.6 Å². The van der Waals surface area contributed by atoms with Gasteiger partial charge in [-0.05, 0) is 49.3 Å². The van der Waals surface area contributed by atoms with Gasteiger partial charge in [0.15, 0.2) is 5.11 Å². The molecule has 1 aliphatic heterocycles. The minimum absolute atomic E-state index is 0.0970. The smallest absolute Gasteiger partial charge is 0.257 e. The number of nitrogens with one attached hydrogen (secondary N) is 2. The standard InChI is InChI=1S/C20H19N3OS/c1-13-18-16(15-9-5-6-10-17(15)21-18)11-12-23(13)20(25)22-19(24)14-7-3-2-4-8-14/h2-10,13,21H,11-12H2,1H3,(H,22,24,25)/t13-/m1/s1. The summed E-state index contributed by atoms with van der Waals surface area (Å²) in [4.78, 5) is 18.0. The zero-order valence-electron chi connectivity index (χ0n) is 14.0. The number of H-pyrrole nitrogens is 1. The highest BCUT2D eigenvalue weighted by molar-refractivity contribution is 7.80. The zero-order chi connectivity index (χ0) is 17.4. The van der Waals surface area contributed by atoms with Crippen LogP contribution < -0.4 is 5.32 Å². The molecule has 1 aromatic heterocycles. The van der Waals surface area contributed by atoms with Gasteiger partial charge in [-0.2, -0.15) is 0 Å². The van der Waals surface area contributed by atoms with Crippen LogP contribution >= 0.6 is 12.2 Å². The van der Waals surface area contributed by atoms with E-state index in [0.717, 1.165) is 18.5 Å². The van der Waals surface area contributed by atoms with Gasteiger partial charge in [0.2, 0.25) is 0 Å². The third-order valence-corrected chi connectivity index (χ3v) is 5.19. The van der Waals surface area contributed by atoms with Gasteiger partial charge < -0.3 is 9.88 Å². The van der Waals surface area contributed by atoms with Crippen molar-refractivity contribution in [2.24, 2.45) is 0 Å². The third kappa shape index (κ3) is 2.81. The quantitative estimate of drug-likeness (QED) is 0.657. The van der Waals surface area contributed by atoms with E-state index in [4.69, 9.17) is 12.2 Å². The van der Waals surface area contributed by atoms with Crippen molar-refractivity contribution in [1.82, 2.24) is 15.2 Å². The molecule has 25 heavy (non-hydrogen) atoms. The number of aromatic nitrogens is 1. The molecule has 0 bridgehead atoms. The Labute approximate surface area is 151 Å². The maximum Gasteiger partial charge on any atom is 0.257 e. The number of benzene rings is 2. The highest BCUT2D eigenvalue weighted by Gasteiger charge is 2.29. The average molecular weight is 349 g/mol. The SMILES string of the molecule is C[C@@H]1c2[nH]c3ccccc3c2CCN1C(=S)NC(=O)c1ccccc1. The average Bonchev–Trinajstić information content (AvgIpc) is 3.02. The number of carbonyl (C=O) groups excluding carboxylic acids is 1. The van der Waals surface area contributed by atoms with Crippen LogP contribution in [0.3, 0.4) is 0 Å².